The Morgan fingerprint density at radius 3 is 2.47 bits per heavy atom. The fraction of sp³-hybridized carbons (Fsp3) is 1.00. The normalized spacial score (nSPS) is 37.2. The van der Waals surface area contributed by atoms with Crippen molar-refractivity contribution >= 4 is 0 Å². The summed E-state index contributed by atoms with van der Waals surface area (Å²) in [5.74, 6) is 0. The molecule has 98 valence electrons. The van der Waals surface area contributed by atoms with E-state index < -0.39 is 0 Å². The number of piperidine rings is 1. The smallest absolute Gasteiger partial charge is 0.0198 e. The molecule has 3 fully saturated rings. The highest BCUT2D eigenvalue weighted by Crippen LogP contribution is 2.24. The Morgan fingerprint density at radius 2 is 1.71 bits per heavy atom. The SMILES string of the molecule is CCN1CCC(N2CCC3CCC(C2)N3)CC1. The van der Waals surface area contributed by atoms with Gasteiger partial charge < -0.3 is 10.2 Å². The summed E-state index contributed by atoms with van der Waals surface area (Å²) in [4.78, 5) is 5.39. The van der Waals surface area contributed by atoms with Gasteiger partial charge in [-0.3, -0.25) is 4.90 Å². The summed E-state index contributed by atoms with van der Waals surface area (Å²) >= 11 is 0. The van der Waals surface area contributed by atoms with Crippen LogP contribution in [-0.2, 0) is 0 Å². The first-order chi connectivity index (χ1) is 8.35. The van der Waals surface area contributed by atoms with Crippen LogP contribution in [0.5, 0.6) is 0 Å². The zero-order valence-electron chi connectivity index (χ0n) is 11.2. The lowest BCUT2D eigenvalue weighted by molar-refractivity contribution is 0.107. The molecule has 2 atom stereocenters. The number of likely N-dealkylation sites (tertiary alicyclic amines) is 2. The van der Waals surface area contributed by atoms with Gasteiger partial charge in [-0.1, -0.05) is 6.92 Å². The number of nitrogens with one attached hydrogen (secondary N) is 1. The molecular formula is C14H27N3. The van der Waals surface area contributed by atoms with Crippen molar-refractivity contribution in [3.05, 3.63) is 0 Å². The Morgan fingerprint density at radius 1 is 0.941 bits per heavy atom. The molecule has 0 aromatic heterocycles. The minimum absolute atomic E-state index is 0.798. The van der Waals surface area contributed by atoms with Crippen molar-refractivity contribution < 1.29 is 0 Å². The van der Waals surface area contributed by atoms with Crippen LogP contribution in [0.2, 0.25) is 0 Å². The standard InChI is InChI=1S/C14H27N3/c1-2-16-8-6-14(7-9-16)17-10-5-12-3-4-13(11-17)15-12/h12-15H,2-11H2,1H3. The van der Waals surface area contributed by atoms with E-state index in [0.29, 0.717) is 0 Å². The molecule has 2 bridgehead atoms. The van der Waals surface area contributed by atoms with Crippen LogP contribution in [0.1, 0.15) is 39.0 Å². The van der Waals surface area contributed by atoms with Gasteiger partial charge in [0.1, 0.15) is 0 Å². The second-order valence-electron chi connectivity index (χ2n) is 6.09. The van der Waals surface area contributed by atoms with E-state index in [4.69, 9.17) is 0 Å². The summed E-state index contributed by atoms with van der Waals surface area (Å²) in [7, 11) is 0. The van der Waals surface area contributed by atoms with Gasteiger partial charge >= 0.3 is 0 Å². The van der Waals surface area contributed by atoms with Gasteiger partial charge in [-0.15, -0.1) is 0 Å². The second kappa shape index (κ2) is 5.25. The molecule has 0 saturated carbocycles. The maximum atomic E-state index is 3.79. The molecule has 3 rings (SSSR count). The summed E-state index contributed by atoms with van der Waals surface area (Å²) in [6.45, 7) is 8.81. The Hall–Kier alpha value is -0.120. The molecular weight excluding hydrogens is 210 g/mol. The number of rotatable bonds is 2. The maximum Gasteiger partial charge on any atom is 0.0198 e. The molecule has 0 aromatic rings. The van der Waals surface area contributed by atoms with E-state index in [1.54, 1.807) is 0 Å². The van der Waals surface area contributed by atoms with E-state index in [-0.39, 0.29) is 0 Å². The van der Waals surface area contributed by atoms with Crippen LogP contribution >= 0.6 is 0 Å². The molecule has 3 heterocycles. The van der Waals surface area contributed by atoms with Gasteiger partial charge in [0.05, 0.1) is 0 Å². The van der Waals surface area contributed by atoms with Crippen LogP contribution in [0.15, 0.2) is 0 Å². The summed E-state index contributed by atoms with van der Waals surface area (Å²) < 4.78 is 0. The van der Waals surface area contributed by atoms with Crippen LogP contribution < -0.4 is 5.32 Å². The van der Waals surface area contributed by atoms with Gasteiger partial charge in [0.2, 0.25) is 0 Å². The number of fused-ring (bicyclic) bond motifs is 2. The molecule has 3 aliphatic rings. The quantitative estimate of drug-likeness (QED) is 0.781. The topological polar surface area (TPSA) is 18.5 Å². The van der Waals surface area contributed by atoms with Gasteiger partial charge in [0.15, 0.2) is 0 Å². The summed E-state index contributed by atoms with van der Waals surface area (Å²) in [6, 6.07) is 2.51. The van der Waals surface area contributed by atoms with E-state index in [9.17, 15) is 0 Å². The van der Waals surface area contributed by atoms with E-state index in [1.165, 1.54) is 64.8 Å². The monoisotopic (exact) mass is 237 g/mol. The van der Waals surface area contributed by atoms with Crippen LogP contribution in [0.25, 0.3) is 0 Å². The van der Waals surface area contributed by atoms with E-state index >= 15 is 0 Å². The third kappa shape index (κ3) is 2.67. The van der Waals surface area contributed by atoms with Crippen LogP contribution in [0.3, 0.4) is 0 Å². The van der Waals surface area contributed by atoms with Crippen molar-refractivity contribution in [2.24, 2.45) is 0 Å². The fourth-order valence-electron chi connectivity index (χ4n) is 3.90. The van der Waals surface area contributed by atoms with Gasteiger partial charge in [-0.25, -0.2) is 0 Å². The molecule has 0 aliphatic carbocycles. The Kier molecular flexibility index (Phi) is 3.69. The highest BCUT2D eigenvalue weighted by Gasteiger charge is 2.32. The minimum atomic E-state index is 0.798. The molecule has 2 unspecified atom stereocenters. The van der Waals surface area contributed by atoms with Gasteiger partial charge in [-0.05, 0) is 58.3 Å². The Labute approximate surface area is 106 Å². The largest absolute Gasteiger partial charge is 0.310 e. The van der Waals surface area contributed by atoms with E-state index in [0.717, 1.165) is 18.1 Å². The summed E-state index contributed by atoms with van der Waals surface area (Å²) in [5, 5.41) is 3.79. The number of nitrogens with zero attached hydrogens (tertiary/aromatic N) is 2. The fourth-order valence-corrected chi connectivity index (χ4v) is 3.90. The van der Waals surface area contributed by atoms with E-state index in [2.05, 4.69) is 22.0 Å². The maximum absolute atomic E-state index is 3.79. The zero-order chi connectivity index (χ0) is 11.7. The average Bonchev–Trinajstić information content (AvgIpc) is 2.69. The molecule has 0 radical (unpaired) electrons. The molecule has 1 N–H and O–H groups in total. The minimum Gasteiger partial charge on any atom is -0.310 e. The molecule has 17 heavy (non-hydrogen) atoms. The Balaban J connectivity index is 1.54. The van der Waals surface area contributed by atoms with Crippen LogP contribution in [0, 0.1) is 0 Å². The number of hydrogen-bond donors (Lipinski definition) is 1. The predicted octanol–water partition coefficient (Wildman–Crippen LogP) is 1.30. The number of hydrogen-bond acceptors (Lipinski definition) is 3. The third-order valence-electron chi connectivity index (χ3n) is 5.08. The lowest BCUT2D eigenvalue weighted by Crippen LogP contribution is -2.47. The predicted molar refractivity (Wildman–Crippen MR) is 71.3 cm³/mol. The van der Waals surface area contributed by atoms with Crippen molar-refractivity contribution in [1.82, 2.24) is 15.1 Å². The Bertz CT molecular complexity index is 248. The molecule has 0 amide bonds. The first-order valence-electron chi connectivity index (χ1n) is 7.57. The average molecular weight is 237 g/mol. The molecule has 0 spiro atoms. The third-order valence-corrected chi connectivity index (χ3v) is 5.08. The second-order valence-corrected chi connectivity index (χ2v) is 6.09. The van der Waals surface area contributed by atoms with Crippen molar-refractivity contribution in [3.63, 3.8) is 0 Å². The molecule has 0 aromatic carbocycles. The van der Waals surface area contributed by atoms with Crippen LogP contribution in [0.4, 0.5) is 0 Å². The zero-order valence-corrected chi connectivity index (χ0v) is 11.2. The van der Waals surface area contributed by atoms with E-state index in [1.807, 2.05) is 0 Å². The van der Waals surface area contributed by atoms with Crippen molar-refractivity contribution in [1.29, 1.82) is 0 Å². The molecule has 3 saturated heterocycles. The molecule has 3 nitrogen and oxygen atoms in total. The van der Waals surface area contributed by atoms with Crippen molar-refractivity contribution in [3.8, 4) is 0 Å². The molecule has 3 aliphatic heterocycles. The van der Waals surface area contributed by atoms with Crippen molar-refractivity contribution in [2.75, 3.05) is 32.7 Å². The highest BCUT2D eigenvalue weighted by molar-refractivity contribution is 4.92. The summed E-state index contributed by atoms with van der Waals surface area (Å²) in [6.07, 6.45) is 7.00. The first-order valence-corrected chi connectivity index (χ1v) is 7.57. The molecule has 3 heteroatoms. The lowest BCUT2D eigenvalue weighted by Gasteiger charge is -2.38. The van der Waals surface area contributed by atoms with Gasteiger partial charge in [0, 0.05) is 24.7 Å². The van der Waals surface area contributed by atoms with Gasteiger partial charge in [0.25, 0.3) is 0 Å². The van der Waals surface area contributed by atoms with Crippen LogP contribution in [-0.4, -0.2) is 60.6 Å². The first kappa shape index (κ1) is 11.9. The highest BCUT2D eigenvalue weighted by atomic mass is 15.2. The van der Waals surface area contributed by atoms with Crippen molar-refractivity contribution in [2.45, 2.75) is 57.2 Å². The van der Waals surface area contributed by atoms with Gasteiger partial charge in [-0.2, -0.15) is 0 Å². The summed E-state index contributed by atoms with van der Waals surface area (Å²) in [5.41, 5.74) is 0. The lowest BCUT2D eigenvalue weighted by atomic mass is 10.0.